The number of rotatable bonds is 0. The van der Waals surface area contributed by atoms with Crippen molar-refractivity contribution in [1.29, 1.82) is 0 Å². The zero-order valence-corrected chi connectivity index (χ0v) is 32.0. The van der Waals surface area contributed by atoms with Crippen molar-refractivity contribution >= 4 is 0 Å². The maximum absolute atomic E-state index is 12.2. The Morgan fingerprint density at radius 2 is 0.659 bits per heavy atom. The molecule has 0 saturated carbocycles. The van der Waals surface area contributed by atoms with Gasteiger partial charge in [-0.3, -0.25) is 0 Å². The first kappa shape index (κ1) is 39.3. The van der Waals surface area contributed by atoms with E-state index in [0.29, 0.717) is 0 Å². The van der Waals surface area contributed by atoms with Gasteiger partial charge in [0.05, 0.1) is 0 Å². The second-order valence-electron chi connectivity index (χ2n) is 18.4. The molecular formula is C40H67N3O+2. The molecule has 0 atom stereocenters. The molecule has 246 valence electrons. The lowest BCUT2D eigenvalue weighted by Gasteiger charge is -2.23. The minimum Gasteiger partial charge on any atom is -0.618 e. The first-order chi connectivity index (χ1) is 19.5. The molecule has 0 aliphatic carbocycles. The van der Waals surface area contributed by atoms with Crippen LogP contribution < -0.4 is 14.3 Å². The van der Waals surface area contributed by atoms with E-state index in [-0.39, 0.29) is 32.5 Å². The minimum absolute atomic E-state index is 0.108. The molecule has 4 heteroatoms. The molecule has 0 radical (unpaired) electrons. The maximum atomic E-state index is 12.2. The Labute approximate surface area is 272 Å². The Balaban J connectivity index is 0.000000330. The summed E-state index contributed by atoms with van der Waals surface area (Å²) < 4.78 is 3.42. The number of aromatic nitrogens is 3. The van der Waals surface area contributed by atoms with Crippen molar-refractivity contribution in [2.45, 2.75) is 157 Å². The van der Waals surface area contributed by atoms with E-state index in [1.54, 1.807) is 0 Å². The number of nitrogens with one attached hydrogen (secondary N) is 1. The summed E-state index contributed by atoms with van der Waals surface area (Å²) in [4.78, 5) is 3.52. The SMILES string of the molecule is CC(C)(C)c1cccc(C(C)(C)C)[n+]1[O-].CC(C)(C)c1cccc(C(C)(C)C)[nH+]1.C[n+]1c(C(C)(C)C)cccc1C(C)(C)C. The summed E-state index contributed by atoms with van der Waals surface area (Å²) in [7, 11) is 2.17. The van der Waals surface area contributed by atoms with E-state index in [4.69, 9.17) is 0 Å². The zero-order valence-electron chi connectivity index (χ0n) is 32.0. The van der Waals surface area contributed by atoms with Gasteiger partial charge in [0, 0.05) is 68.9 Å². The van der Waals surface area contributed by atoms with E-state index in [9.17, 15) is 5.21 Å². The summed E-state index contributed by atoms with van der Waals surface area (Å²) >= 11 is 0. The molecule has 0 aliphatic heterocycles. The summed E-state index contributed by atoms with van der Waals surface area (Å²) in [5, 5.41) is 12.2. The molecule has 0 aromatic carbocycles. The fourth-order valence-corrected chi connectivity index (χ4v) is 5.04. The Morgan fingerprint density at radius 1 is 0.409 bits per heavy atom. The molecule has 3 aromatic rings. The van der Waals surface area contributed by atoms with Gasteiger partial charge in [-0.05, 0) is 18.2 Å². The minimum atomic E-state index is -0.108. The third kappa shape index (κ3) is 11.3. The quantitative estimate of drug-likeness (QED) is 0.186. The molecule has 0 bridgehead atoms. The van der Waals surface area contributed by atoms with Crippen LogP contribution in [0.5, 0.6) is 0 Å². The molecule has 4 nitrogen and oxygen atoms in total. The molecule has 3 rings (SSSR count). The zero-order chi connectivity index (χ0) is 34.7. The van der Waals surface area contributed by atoms with Gasteiger partial charge in [-0.1, -0.05) is 125 Å². The largest absolute Gasteiger partial charge is 0.618 e. The molecule has 0 amide bonds. The van der Waals surface area contributed by atoms with E-state index in [1.165, 1.54) is 22.8 Å². The first-order valence-corrected chi connectivity index (χ1v) is 16.3. The number of nitrogens with zero attached hydrogens (tertiary/aromatic N) is 2. The topological polar surface area (TPSA) is 45.0 Å². The van der Waals surface area contributed by atoms with Crippen LogP contribution in [0, 0.1) is 5.21 Å². The molecule has 0 spiro atoms. The lowest BCUT2D eigenvalue weighted by Crippen LogP contribution is -2.46. The maximum Gasteiger partial charge on any atom is 0.198 e. The third-order valence-electron chi connectivity index (χ3n) is 7.66. The molecule has 44 heavy (non-hydrogen) atoms. The highest BCUT2D eigenvalue weighted by molar-refractivity contribution is 5.17. The number of H-pyrrole nitrogens is 1. The fraction of sp³-hybridized carbons (Fsp3) is 0.625. The smallest absolute Gasteiger partial charge is 0.198 e. The Hall–Kier alpha value is -2.75. The van der Waals surface area contributed by atoms with E-state index in [1.807, 2.05) is 18.2 Å². The lowest BCUT2D eigenvalue weighted by atomic mass is 9.87. The third-order valence-corrected chi connectivity index (χ3v) is 7.66. The van der Waals surface area contributed by atoms with Gasteiger partial charge in [0.2, 0.25) is 0 Å². The van der Waals surface area contributed by atoms with Gasteiger partial charge in [-0.2, -0.15) is 4.73 Å². The molecule has 3 heterocycles. The number of hydrogen-bond donors (Lipinski definition) is 0. The van der Waals surface area contributed by atoms with Gasteiger partial charge in [0.15, 0.2) is 34.2 Å². The highest BCUT2D eigenvalue weighted by atomic mass is 16.5. The second-order valence-corrected chi connectivity index (χ2v) is 18.4. The van der Waals surface area contributed by atoms with Crippen LogP contribution in [0.2, 0.25) is 0 Å². The number of hydrogen-bond acceptors (Lipinski definition) is 1. The molecule has 0 saturated heterocycles. The Kier molecular flexibility index (Phi) is 12.2. The standard InChI is InChI=1S/C14H24N.C13H21NO.C13H21N/c1-13(2,3)11-9-8-10-12(15(11)7)14(4,5)6;1-12(2,3)10-8-7-9-11(14(10)15)13(4,5)6;1-12(2,3)10-8-7-9-11(14-10)13(4,5)6/h8-10H,1-7H3;7-9H,1-6H3;7-9H,1-6H3/q+1;;/p+1. The van der Waals surface area contributed by atoms with Crippen LogP contribution in [0.4, 0.5) is 0 Å². The highest BCUT2D eigenvalue weighted by Crippen LogP contribution is 2.25. The van der Waals surface area contributed by atoms with Crippen molar-refractivity contribution in [3.63, 3.8) is 0 Å². The molecule has 3 aromatic heterocycles. The lowest BCUT2D eigenvalue weighted by molar-refractivity contribution is -0.693. The van der Waals surface area contributed by atoms with Crippen molar-refractivity contribution < 1.29 is 14.3 Å². The molecule has 0 aliphatic rings. The van der Waals surface area contributed by atoms with Gasteiger partial charge in [0.1, 0.15) is 7.05 Å². The van der Waals surface area contributed by atoms with Gasteiger partial charge in [0.25, 0.3) is 0 Å². The van der Waals surface area contributed by atoms with Crippen LogP contribution in [-0.2, 0) is 39.5 Å². The van der Waals surface area contributed by atoms with E-state index < -0.39 is 0 Å². The van der Waals surface area contributed by atoms with Gasteiger partial charge < -0.3 is 5.21 Å². The first-order valence-electron chi connectivity index (χ1n) is 16.3. The highest BCUT2D eigenvalue weighted by Gasteiger charge is 2.31. The Morgan fingerprint density at radius 3 is 0.909 bits per heavy atom. The fourth-order valence-electron chi connectivity index (χ4n) is 5.04. The summed E-state index contributed by atoms with van der Waals surface area (Å²) in [6.45, 7) is 39.3. The van der Waals surface area contributed by atoms with Crippen molar-refractivity contribution in [1.82, 2.24) is 0 Å². The van der Waals surface area contributed by atoms with Crippen molar-refractivity contribution in [3.8, 4) is 0 Å². The number of aromatic amines is 1. The van der Waals surface area contributed by atoms with Crippen LogP contribution >= 0.6 is 0 Å². The predicted octanol–water partition coefficient (Wildman–Crippen LogP) is 9.12. The Bertz CT molecular complexity index is 1190. The monoisotopic (exact) mass is 606 g/mol. The average molecular weight is 606 g/mol. The molecule has 0 fully saturated rings. The second kappa shape index (κ2) is 13.7. The van der Waals surface area contributed by atoms with Gasteiger partial charge >= 0.3 is 0 Å². The average Bonchev–Trinajstić information content (AvgIpc) is 2.81. The van der Waals surface area contributed by atoms with E-state index in [2.05, 4.69) is 178 Å². The molecule has 0 unspecified atom stereocenters. The summed E-state index contributed by atoms with van der Waals surface area (Å²) in [5.41, 5.74) is 7.60. The normalized spacial score (nSPS) is 13.0. The van der Waals surface area contributed by atoms with Crippen LogP contribution in [0.1, 0.15) is 159 Å². The summed E-state index contributed by atoms with van der Waals surface area (Å²) in [6, 6.07) is 18.8. The van der Waals surface area contributed by atoms with Crippen LogP contribution in [0.25, 0.3) is 0 Å². The molecular weight excluding hydrogens is 538 g/mol. The number of pyridine rings is 3. The van der Waals surface area contributed by atoms with Gasteiger partial charge in [-0.25, -0.2) is 9.55 Å². The van der Waals surface area contributed by atoms with E-state index in [0.717, 1.165) is 16.1 Å². The van der Waals surface area contributed by atoms with Crippen molar-refractivity contribution in [2.75, 3.05) is 0 Å². The van der Waals surface area contributed by atoms with Crippen LogP contribution in [0.15, 0.2) is 54.6 Å². The van der Waals surface area contributed by atoms with Crippen LogP contribution in [0.3, 0.4) is 0 Å². The predicted molar refractivity (Wildman–Crippen MR) is 188 cm³/mol. The molecule has 1 N–H and O–H groups in total. The van der Waals surface area contributed by atoms with Crippen molar-refractivity contribution in [2.24, 2.45) is 7.05 Å². The van der Waals surface area contributed by atoms with Gasteiger partial charge in [-0.15, -0.1) is 0 Å². The summed E-state index contributed by atoms with van der Waals surface area (Å²) in [5.74, 6) is 0. The summed E-state index contributed by atoms with van der Waals surface area (Å²) in [6.07, 6.45) is 0. The van der Waals surface area contributed by atoms with Crippen molar-refractivity contribution in [3.05, 3.63) is 94.0 Å². The van der Waals surface area contributed by atoms with E-state index >= 15 is 0 Å². The van der Waals surface area contributed by atoms with Crippen LogP contribution in [-0.4, -0.2) is 0 Å².